The third-order valence-corrected chi connectivity index (χ3v) is 3.28. The largest absolute Gasteiger partial charge is 0.533 e. The molecule has 0 aromatic heterocycles. The molecule has 0 saturated heterocycles. The molecule has 0 aliphatic rings. The van der Waals surface area contributed by atoms with Crippen LogP contribution in [-0.2, 0) is 23.6 Å². The zero-order valence-electron chi connectivity index (χ0n) is 12.8. The number of hydrogen-bond donors (Lipinski definition) is 2. The summed E-state index contributed by atoms with van der Waals surface area (Å²) in [6, 6.07) is -1.47. The molecule has 116 valence electrons. The Morgan fingerprint density at radius 2 is 1.10 bits per heavy atom. The first kappa shape index (κ1) is 19.0. The van der Waals surface area contributed by atoms with Crippen molar-refractivity contribution in [3.05, 3.63) is 0 Å². The average molecular weight is 307 g/mol. The predicted octanol–water partition coefficient (Wildman–Crippen LogP) is 1.50. The van der Waals surface area contributed by atoms with Crippen molar-refractivity contribution in [1.82, 2.24) is 10.2 Å². The smallest absolute Gasteiger partial charge is 0.462 e. The topological polar surface area (TPSA) is 93.7 Å². The number of esters is 2. The summed E-state index contributed by atoms with van der Waals surface area (Å²) in [6.45, 7) is 9.99. The van der Waals surface area contributed by atoms with E-state index in [0.29, 0.717) is 0 Å². The molecule has 0 aromatic rings. The van der Waals surface area contributed by atoms with Gasteiger partial charge in [-0.2, -0.15) is 0 Å². The maximum Gasteiger partial charge on any atom is 0.533 e. The summed E-state index contributed by atoms with van der Waals surface area (Å²) in [6.07, 6.45) is -0.477. The van der Waals surface area contributed by atoms with Crippen LogP contribution < -0.4 is 10.2 Å². The summed E-state index contributed by atoms with van der Waals surface area (Å²) in [5, 5.41) is 5.08. The highest BCUT2D eigenvalue weighted by Crippen LogP contribution is 2.12. The number of carbonyl (C=O) groups excluding carboxylic acids is 2. The van der Waals surface area contributed by atoms with Gasteiger partial charge in [0.1, 0.15) is 12.1 Å². The first-order chi connectivity index (χ1) is 9.13. The van der Waals surface area contributed by atoms with E-state index in [0.717, 1.165) is 0 Å². The van der Waals surface area contributed by atoms with E-state index in [1.165, 1.54) is 13.8 Å². The highest BCUT2D eigenvalue weighted by atomic mass is 31.1. The Morgan fingerprint density at radius 1 is 0.800 bits per heavy atom. The fourth-order valence-electron chi connectivity index (χ4n) is 1.16. The van der Waals surface area contributed by atoms with E-state index in [-0.39, 0.29) is 12.2 Å². The molecule has 0 rings (SSSR count). The van der Waals surface area contributed by atoms with Crippen LogP contribution in [0.4, 0.5) is 0 Å². The van der Waals surface area contributed by atoms with Crippen LogP contribution in [0.3, 0.4) is 0 Å². The van der Waals surface area contributed by atoms with Crippen LogP contribution in [0.1, 0.15) is 41.5 Å². The Labute approximate surface area is 120 Å². The zero-order valence-corrected chi connectivity index (χ0v) is 13.7. The lowest BCUT2D eigenvalue weighted by Crippen LogP contribution is -2.38. The third-order valence-electron chi connectivity index (χ3n) is 2.03. The number of nitrogens with one attached hydrogen (secondary N) is 2. The van der Waals surface area contributed by atoms with E-state index >= 15 is 0 Å². The molecule has 0 amide bonds. The van der Waals surface area contributed by atoms with Crippen molar-refractivity contribution in [1.29, 1.82) is 0 Å². The second kappa shape index (κ2) is 9.00. The van der Waals surface area contributed by atoms with E-state index in [9.17, 15) is 14.2 Å². The van der Waals surface area contributed by atoms with Gasteiger partial charge in [0.15, 0.2) is 0 Å². The molecular weight excluding hydrogens is 283 g/mol. The summed E-state index contributed by atoms with van der Waals surface area (Å²) in [5.41, 5.74) is 0. The van der Waals surface area contributed by atoms with Crippen LogP contribution in [0.5, 0.6) is 0 Å². The molecule has 0 aliphatic heterocycles. The molecule has 7 nitrogen and oxygen atoms in total. The van der Waals surface area contributed by atoms with Crippen LogP contribution in [-0.4, -0.2) is 36.2 Å². The van der Waals surface area contributed by atoms with E-state index in [4.69, 9.17) is 9.47 Å². The van der Waals surface area contributed by atoms with Gasteiger partial charge in [-0.1, -0.05) is 10.2 Å². The maximum atomic E-state index is 11.8. The molecular formula is C12H24N2O5P+. The van der Waals surface area contributed by atoms with Crippen molar-refractivity contribution >= 4 is 20.0 Å². The molecule has 0 bridgehead atoms. The number of hydrogen-bond acceptors (Lipinski definition) is 5. The van der Waals surface area contributed by atoms with Crippen LogP contribution in [0, 0.1) is 0 Å². The lowest BCUT2D eigenvalue weighted by molar-refractivity contribution is -0.149. The Kier molecular flexibility index (Phi) is 8.53. The number of ether oxygens (including phenoxy) is 2. The van der Waals surface area contributed by atoms with Crippen molar-refractivity contribution in [2.24, 2.45) is 0 Å². The summed E-state index contributed by atoms with van der Waals surface area (Å²) in [5.74, 6) is -0.995. The summed E-state index contributed by atoms with van der Waals surface area (Å²) in [4.78, 5) is 23.0. The summed E-state index contributed by atoms with van der Waals surface area (Å²) >= 11 is 0. The first-order valence-corrected chi connectivity index (χ1v) is 7.80. The van der Waals surface area contributed by atoms with Gasteiger partial charge in [0.25, 0.3) is 0 Å². The van der Waals surface area contributed by atoms with Crippen molar-refractivity contribution in [3.8, 4) is 0 Å². The second-order valence-corrected chi connectivity index (χ2v) is 6.07. The Morgan fingerprint density at radius 3 is 1.35 bits per heavy atom. The van der Waals surface area contributed by atoms with Gasteiger partial charge in [-0.3, -0.25) is 9.59 Å². The molecule has 0 spiro atoms. The molecule has 8 heteroatoms. The molecule has 20 heavy (non-hydrogen) atoms. The van der Waals surface area contributed by atoms with E-state index in [1.807, 2.05) is 0 Å². The van der Waals surface area contributed by atoms with Gasteiger partial charge >= 0.3 is 20.0 Å². The maximum absolute atomic E-state index is 11.8. The average Bonchev–Trinajstić information content (AvgIpc) is 2.26. The van der Waals surface area contributed by atoms with E-state index in [1.54, 1.807) is 27.7 Å². The third kappa shape index (κ3) is 8.19. The van der Waals surface area contributed by atoms with Crippen molar-refractivity contribution in [2.45, 2.75) is 65.8 Å². The quantitative estimate of drug-likeness (QED) is 0.518. The van der Waals surface area contributed by atoms with Crippen LogP contribution in [0.2, 0.25) is 0 Å². The molecule has 2 unspecified atom stereocenters. The monoisotopic (exact) mass is 307 g/mol. The normalized spacial score (nSPS) is 14.9. The second-order valence-electron chi connectivity index (χ2n) is 4.97. The van der Waals surface area contributed by atoms with Crippen molar-refractivity contribution < 1.29 is 23.6 Å². The first-order valence-electron chi connectivity index (χ1n) is 6.54. The van der Waals surface area contributed by atoms with Gasteiger partial charge in [0.2, 0.25) is 0 Å². The van der Waals surface area contributed by atoms with Gasteiger partial charge in [-0.25, -0.2) is 0 Å². The zero-order chi connectivity index (χ0) is 15.9. The van der Waals surface area contributed by atoms with Crippen molar-refractivity contribution in [3.63, 3.8) is 0 Å². The van der Waals surface area contributed by atoms with Crippen LogP contribution in [0.15, 0.2) is 0 Å². The number of rotatable bonds is 8. The molecule has 0 heterocycles. The highest BCUT2D eigenvalue weighted by Gasteiger charge is 2.30. The Balaban J connectivity index is 4.22. The van der Waals surface area contributed by atoms with Crippen molar-refractivity contribution in [2.75, 3.05) is 0 Å². The van der Waals surface area contributed by atoms with Gasteiger partial charge in [0, 0.05) is 0 Å². The minimum Gasteiger partial charge on any atom is -0.462 e. The van der Waals surface area contributed by atoms with E-state index in [2.05, 4.69) is 10.2 Å². The van der Waals surface area contributed by atoms with Gasteiger partial charge in [0.05, 0.1) is 12.2 Å². The fraction of sp³-hybridized carbons (Fsp3) is 0.833. The lowest BCUT2D eigenvalue weighted by atomic mass is 10.4. The molecule has 0 aliphatic carbocycles. The van der Waals surface area contributed by atoms with Gasteiger partial charge in [-0.15, -0.1) is 0 Å². The van der Waals surface area contributed by atoms with Crippen LogP contribution >= 0.6 is 8.10 Å². The fourth-order valence-corrected chi connectivity index (χ4v) is 2.15. The van der Waals surface area contributed by atoms with E-state index < -0.39 is 32.1 Å². The minimum atomic E-state index is -2.13. The lowest BCUT2D eigenvalue weighted by Gasteiger charge is -2.12. The molecule has 2 N–H and O–H groups in total. The Hall–Kier alpha value is -1.04. The van der Waals surface area contributed by atoms with Crippen LogP contribution in [0.25, 0.3) is 0 Å². The Bertz CT molecular complexity index is 328. The molecule has 0 fully saturated rings. The number of carbonyl (C=O) groups is 2. The minimum absolute atomic E-state index is 0.238. The standard InChI is InChI=1S/C12H24N2O5P/c1-7(2)18-11(15)9(5)13-20(17)14-10(6)12(16)19-8(3)4/h7-10H,1-6H3,(H2,13,14,17)/q+1. The summed E-state index contributed by atoms with van der Waals surface area (Å²) < 4.78 is 21.7. The predicted molar refractivity (Wildman–Crippen MR) is 75.3 cm³/mol. The molecule has 0 radical (unpaired) electrons. The molecule has 0 aromatic carbocycles. The molecule has 2 atom stereocenters. The highest BCUT2D eigenvalue weighted by molar-refractivity contribution is 7.40. The van der Waals surface area contributed by atoms with Gasteiger partial charge < -0.3 is 9.47 Å². The van der Waals surface area contributed by atoms with Gasteiger partial charge in [-0.05, 0) is 46.1 Å². The molecule has 0 saturated carbocycles. The summed E-state index contributed by atoms with van der Waals surface area (Å²) in [7, 11) is -2.13. The SMILES string of the molecule is CC(C)OC(=O)C(C)N[P+](=O)NC(C)C(=O)OC(C)C.